The van der Waals surface area contributed by atoms with Crippen molar-refractivity contribution in [2.75, 3.05) is 13.1 Å². The fraction of sp³-hybridized carbons (Fsp3) is 0.643. The van der Waals surface area contributed by atoms with Crippen LogP contribution in [0.2, 0.25) is 0 Å². The minimum absolute atomic E-state index is 0.0874. The van der Waals surface area contributed by atoms with E-state index in [-0.39, 0.29) is 9.83 Å². The zero-order valence-corrected chi connectivity index (χ0v) is 13.0. The van der Waals surface area contributed by atoms with E-state index in [2.05, 4.69) is 42.7 Å². The third-order valence-corrected chi connectivity index (χ3v) is 3.75. The Hall–Kier alpha value is -0.320. The molecule has 0 heterocycles. The van der Waals surface area contributed by atoms with Crippen molar-refractivity contribution in [2.45, 2.75) is 43.0 Å². The number of nitrogens with zero attached hydrogens (tertiary/aromatic N) is 1. The quantitative estimate of drug-likeness (QED) is 0.253. The van der Waals surface area contributed by atoms with Gasteiger partial charge in [-0.3, -0.25) is 4.79 Å². The maximum atomic E-state index is 12.1. The van der Waals surface area contributed by atoms with E-state index in [1.54, 1.807) is 17.1 Å². The molecule has 0 spiro atoms. The van der Waals surface area contributed by atoms with Gasteiger partial charge in [-0.2, -0.15) is 0 Å². The van der Waals surface area contributed by atoms with E-state index in [0.717, 1.165) is 12.8 Å². The van der Waals surface area contributed by atoms with Crippen LogP contribution in [0.25, 0.3) is 0 Å². The van der Waals surface area contributed by atoms with Gasteiger partial charge >= 0.3 is 0 Å². The normalized spacial score (nSPS) is 11.9. The first-order chi connectivity index (χ1) is 8.17. The van der Waals surface area contributed by atoms with Gasteiger partial charge in [0, 0.05) is 13.1 Å². The van der Waals surface area contributed by atoms with Crippen molar-refractivity contribution < 1.29 is 4.79 Å². The van der Waals surface area contributed by atoms with Crippen molar-refractivity contribution in [1.82, 2.24) is 4.90 Å². The maximum Gasteiger partial charge on any atom is 0.236 e. The fourth-order valence-electron chi connectivity index (χ4n) is 1.64. The number of halogens is 1. The number of hydrogen-bond donors (Lipinski definition) is 0. The molecule has 0 N–H and O–H groups in total. The predicted molar refractivity (Wildman–Crippen MR) is 83.5 cm³/mol. The molecule has 0 aliphatic rings. The summed E-state index contributed by atoms with van der Waals surface area (Å²) in [4.78, 5) is 13.9. The van der Waals surface area contributed by atoms with Crippen LogP contribution in [0.1, 0.15) is 39.0 Å². The Balaban J connectivity index is 4.05. The number of hydrogen-bond acceptors (Lipinski definition) is 1. The second-order valence-electron chi connectivity index (χ2n) is 4.14. The lowest BCUT2D eigenvalue weighted by Gasteiger charge is -2.22. The van der Waals surface area contributed by atoms with Gasteiger partial charge in [0.2, 0.25) is 5.91 Å². The number of carbonyl (C=O) groups excluding carboxylic acids is 1. The first-order valence-electron chi connectivity index (χ1n) is 6.32. The van der Waals surface area contributed by atoms with E-state index in [9.17, 15) is 4.79 Å². The SMILES string of the molecule is C=CCN(CC=C)C(=O)C(I)CCCCCC. The van der Waals surface area contributed by atoms with Crippen molar-refractivity contribution in [2.24, 2.45) is 0 Å². The second-order valence-corrected chi connectivity index (χ2v) is 5.64. The van der Waals surface area contributed by atoms with Gasteiger partial charge in [0.15, 0.2) is 0 Å². The molecule has 0 aliphatic carbocycles. The Kier molecular flexibility index (Phi) is 10.6. The summed E-state index contributed by atoms with van der Waals surface area (Å²) in [6.07, 6.45) is 9.38. The maximum absolute atomic E-state index is 12.1. The lowest BCUT2D eigenvalue weighted by atomic mass is 10.1. The molecular formula is C14H24INO. The lowest BCUT2D eigenvalue weighted by Crippen LogP contribution is -2.36. The highest BCUT2D eigenvalue weighted by molar-refractivity contribution is 14.1. The molecule has 17 heavy (non-hydrogen) atoms. The molecule has 1 atom stereocenters. The van der Waals surface area contributed by atoms with Crippen molar-refractivity contribution in [1.29, 1.82) is 0 Å². The molecule has 1 amide bonds. The monoisotopic (exact) mass is 349 g/mol. The average Bonchev–Trinajstić information content (AvgIpc) is 2.33. The number of rotatable bonds is 10. The third-order valence-electron chi connectivity index (χ3n) is 2.59. The number of amides is 1. The predicted octanol–water partition coefficient (Wildman–Crippen LogP) is 3.96. The Morgan fingerprint density at radius 3 is 2.29 bits per heavy atom. The summed E-state index contributed by atoms with van der Waals surface area (Å²) in [6.45, 7) is 10.8. The molecule has 0 saturated heterocycles. The van der Waals surface area contributed by atoms with Crippen LogP contribution in [-0.2, 0) is 4.79 Å². The first kappa shape index (κ1) is 16.7. The van der Waals surface area contributed by atoms with Crippen molar-refractivity contribution in [3.63, 3.8) is 0 Å². The molecule has 0 aliphatic heterocycles. The summed E-state index contributed by atoms with van der Waals surface area (Å²) < 4.78 is 0.0874. The summed E-state index contributed by atoms with van der Waals surface area (Å²) in [5.41, 5.74) is 0. The van der Waals surface area contributed by atoms with Crippen LogP contribution >= 0.6 is 22.6 Å². The van der Waals surface area contributed by atoms with Crippen LogP contribution < -0.4 is 0 Å². The first-order valence-corrected chi connectivity index (χ1v) is 7.56. The minimum Gasteiger partial charge on any atom is -0.334 e. The van der Waals surface area contributed by atoms with Gasteiger partial charge in [0.1, 0.15) is 0 Å². The molecule has 0 fully saturated rings. The standard InChI is InChI=1S/C14H24INO/c1-4-7-8-9-10-13(15)14(17)16(11-5-2)12-6-3/h5-6,13H,2-4,7-12H2,1H3. The van der Waals surface area contributed by atoms with Crippen LogP contribution in [-0.4, -0.2) is 27.8 Å². The summed E-state index contributed by atoms with van der Waals surface area (Å²) in [5.74, 6) is 0.210. The van der Waals surface area contributed by atoms with E-state index in [0.29, 0.717) is 13.1 Å². The molecule has 3 heteroatoms. The van der Waals surface area contributed by atoms with E-state index in [1.807, 2.05) is 0 Å². The molecule has 0 aromatic heterocycles. The number of unbranched alkanes of at least 4 members (excludes halogenated alkanes) is 3. The molecule has 98 valence electrons. The molecule has 0 radical (unpaired) electrons. The van der Waals surface area contributed by atoms with Gasteiger partial charge in [-0.25, -0.2) is 0 Å². The van der Waals surface area contributed by atoms with Crippen molar-refractivity contribution in [3.05, 3.63) is 25.3 Å². The molecular weight excluding hydrogens is 325 g/mol. The van der Waals surface area contributed by atoms with E-state index in [1.165, 1.54) is 19.3 Å². The van der Waals surface area contributed by atoms with Gasteiger partial charge in [-0.1, -0.05) is 67.3 Å². The molecule has 0 saturated carbocycles. The lowest BCUT2D eigenvalue weighted by molar-refractivity contribution is -0.129. The Morgan fingerprint density at radius 1 is 1.24 bits per heavy atom. The van der Waals surface area contributed by atoms with E-state index >= 15 is 0 Å². The Labute approximate surface area is 119 Å². The smallest absolute Gasteiger partial charge is 0.236 e. The van der Waals surface area contributed by atoms with Crippen molar-refractivity contribution >= 4 is 28.5 Å². The fourth-order valence-corrected chi connectivity index (χ4v) is 2.47. The summed E-state index contributed by atoms with van der Waals surface area (Å²) in [7, 11) is 0. The average molecular weight is 349 g/mol. The Morgan fingerprint density at radius 2 is 1.82 bits per heavy atom. The zero-order chi connectivity index (χ0) is 13.1. The van der Waals surface area contributed by atoms with Crippen LogP contribution in [0.15, 0.2) is 25.3 Å². The van der Waals surface area contributed by atoms with E-state index in [4.69, 9.17) is 0 Å². The Bertz CT molecular complexity index is 230. The largest absolute Gasteiger partial charge is 0.334 e. The number of alkyl halides is 1. The van der Waals surface area contributed by atoms with Crippen LogP contribution in [0.5, 0.6) is 0 Å². The third kappa shape index (κ3) is 7.58. The molecule has 1 unspecified atom stereocenters. The summed E-state index contributed by atoms with van der Waals surface area (Å²) >= 11 is 2.25. The molecule has 0 aromatic carbocycles. The van der Waals surface area contributed by atoms with Crippen LogP contribution in [0, 0.1) is 0 Å². The van der Waals surface area contributed by atoms with Crippen LogP contribution in [0.4, 0.5) is 0 Å². The molecule has 2 nitrogen and oxygen atoms in total. The van der Waals surface area contributed by atoms with Crippen molar-refractivity contribution in [3.8, 4) is 0 Å². The summed E-state index contributed by atoms with van der Waals surface area (Å²) in [5, 5.41) is 0. The van der Waals surface area contributed by atoms with Gasteiger partial charge < -0.3 is 4.90 Å². The molecule has 0 bridgehead atoms. The van der Waals surface area contributed by atoms with Crippen LogP contribution in [0.3, 0.4) is 0 Å². The van der Waals surface area contributed by atoms with Gasteiger partial charge in [0.05, 0.1) is 3.92 Å². The topological polar surface area (TPSA) is 20.3 Å². The second kappa shape index (κ2) is 10.8. The molecule has 0 rings (SSSR count). The summed E-state index contributed by atoms with van der Waals surface area (Å²) in [6, 6.07) is 0. The zero-order valence-electron chi connectivity index (χ0n) is 10.8. The van der Waals surface area contributed by atoms with E-state index < -0.39 is 0 Å². The van der Waals surface area contributed by atoms with Gasteiger partial charge in [0.25, 0.3) is 0 Å². The highest BCUT2D eigenvalue weighted by Crippen LogP contribution is 2.15. The highest BCUT2D eigenvalue weighted by Gasteiger charge is 2.19. The van der Waals surface area contributed by atoms with Gasteiger partial charge in [-0.05, 0) is 6.42 Å². The molecule has 0 aromatic rings. The highest BCUT2D eigenvalue weighted by atomic mass is 127. The minimum atomic E-state index is 0.0874. The number of carbonyl (C=O) groups is 1. The van der Waals surface area contributed by atoms with Gasteiger partial charge in [-0.15, -0.1) is 13.2 Å².